The second-order valence-electron chi connectivity index (χ2n) is 5.22. The van der Waals surface area contributed by atoms with Crippen LogP contribution in [0.15, 0.2) is 60.9 Å². The highest BCUT2D eigenvalue weighted by Gasteiger charge is 2.14. The van der Waals surface area contributed by atoms with Crippen LogP contribution in [0.4, 0.5) is 0 Å². The quantitative estimate of drug-likeness (QED) is 0.747. The average Bonchev–Trinajstić information content (AvgIpc) is 3.15. The van der Waals surface area contributed by atoms with Gasteiger partial charge in [0.25, 0.3) is 5.91 Å². The molecule has 2 aromatic carbocycles. The molecule has 0 aliphatic heterocycles. The van der Waals surface area contributed by atoms with Crippen LogP contribution in [0, 0.1) is 0 Å². The van der Waals surface area contributed by atoms with Crippen molar-refractivity contribution in [1.29, 1.82) is 0 Å². The summed E-state index contributed by atoms with van der Waals surface area (Å²) in [7, 11) is 0. The summed E-state index contributed by atoms with van der Waals surface area (Å²) in [6.07, 6.45) is 0.882. The van der Waals surface area contributed by atoms with Gasteiger partial charge in [-0.15, -0.1) is 5.10 Å². The molecule has 122 valence electrons. The Labute approximate surface area is 139 Å². The monoisotopic (exact) mass is 323 g/mol. The van der Waals surface area contributed by atoms with E-state index in [0.29, 0.717) is 12.3 Å². The molecule has 0 saturated heterocycles. The van der Waals surface area contributed by atoms with Gasteiger partial charge in [-0.3, -0.25) is 4.79 Å². The number of nitrogens with zero attached hydrogens (tertiary/aromatic N) is 4. The minimum Gasteiger partial charge on any atom is -0.481 e. The predicted molar refractivity (Wildman–Crippen MR) is 87.5 cm³/mol. The highest BCUT2D eigenvalue weighted by atomic mass is 16.5. The summed E-state index contributed by atoms with van der Waals surface area (Å²) < 4.78 is 7.23. The van der Waals surface area contributed by atoms with Crippen LogP contribution in [0.5, 0.6) is 5.75 Å². The first kappa shape index (κ1) is 15.7. The number of tetrazole rings is 1. The summed E-state index contributed by atoms with van der Waals surface area (Å²) in [5.74, 6) is 0.400. The van der Waals surface area contributed by atoms with Crippen LogP contribution in [-0.2, 0) is 11.3 Å². The Morgan fingerprint density at radius 1 is 1.21 bits per heavy atom. The Morgan fingerprint density at radius 2 is 2.04 bits per heavy atom. The Balaban J connectivity index is 1.59. The van der Waals surface area contributed by atoms with E-state index in [9.17, 15) is 4.79 Å². The fourth-order valence-electron chi connectivity index (χ4n) is 2.17. The third-order valence-corrected chi connectivity index (χ3v) is 3.42. The van der Waals surface area contributed by atoms with Crippen LogP contribution < -0.4 is 10.1 Å². The average molecular weight is 323 g/mol. The zero-order chi connectivity index (χ0) is 16.8. The van der Waals surface area contributed by atoms with Gasteiger partial charge in [0.1, 0.15) is 12.1 Å². The molecule has 0 saturated carbocycles. The SMILES string of the molecule is C[C@@H](Oc1cccc(-n2cnnn2)c1)C(=O)NCc1ccccc1. The van der Waals surface area contributed by atoms with Gasteiger partial charge < -0.3 is 10.1 Å². The van der Waals surface area contributed by atoms with Gasteiger partial charge in [-0.25, -0.2) is 4.68 Å². The van der Waals surface area contributed by atoms with E-state index in [-0.39, 0.29) is 5.91 Å². The molecule has 0 bridgehead atoms. The van der Waals surface area contributed by atoms with Crippen LogP contribution in [0.25, 0.3) is 5.69 Å². The van der Waals surface area contributed by atoms with E-state index >= 15 is 0 Å². The smallest absolute Gasteiger partial charge is 0.261 e. The Bertz CT molecular complexity index is 790. The van der Waals surface area contributed by atoms with Crippen molar-refractivity contribution >= 4 is 5.91 Å². The van der Waals surface area contributed by atoms with Crippen LogP contribution in [0.2, 0.25) is 0 Å². The molecule has 7 nitrogen and oxygen atoms in total. The lowest BCUT2D eigenvalue weighted by Crippen LogP contribution is -2.35. The lowest BCUT2D eigenvalue weighted by Gasteiger charge is -2.15. The molecule has 3 rings (SSSR count). The number of aromatic nitrogens is 4. The number of amides is 1. The van der Waals surface area contributed by atoms with E-state index in [1.807, 2.05) is 42.5 Å². The normalized spacial score (nSPS) is 11.7. The predicted octanol–water partition coefficient (Wildman–Crippen LogP) is 1.75. The van der Waals surface area contributed by atoms with Gasteiger partial charge in [0, 0.05) is 12.6 Å². The molecule has 1 N–H and O–H groups in total. The highest BCUT2D eigenvalue weighted by Crippen LogP contribution is 2.17. The number of ether oxygens (including phenoxy) is 1. The van der Waals surface area contributed by atoms with E-state index in [1.54, 1.807) is 19.1 Å². The topological polar surface area (TPSA) is 81.9 Å². The number of carbonyl (C=O) groups excluding carboxylic acids is 1. The molecular formula is C17H17N5O2. The first-order valence-corrected chi connectivity index (χ1v) is 7.54. The Hall–Kier alpha value is -3.22. The molecule has 0 spiro atoms. The maximum Gasteiger partial charge on any atom is 0.261 e. The van der Waals surface area contributed by atoms with Crippen molar-refractivity contribution in [3.05, 3.63) is 66.5 Å². The van der Waals surface area contributed by atoms with Crippen molar-refractivity contribution in [2.45, 2.75) is 19.6 Å². The standard InChI is InChI=1S/C17H17N5O2/c1-13(17(23)18-11-14-6-3-2-4-7-14)24-16-9-5-8-15(10-16)22-12-19-20-21-22/h2-10,12-13H,11H2,1H3,(H,18,23)/t13-/m1/s1. The maximum absolute atomic E-state index is 12.2. The minimum absolute atomic E-state index is 0.174. The Kier molecular flexibility index (Phi) is 4.81. The summed E-state index contributed by atoms with van der Waals surface area (Å²) >= 11 is 0. The zero-order valence-corrected chi connectivity index (χ0v) is 13.2. The molecule has 0 fully saturated rings. The van der Waals surface area contributed by atoms with E-state index < -0.39 is 6.10 Å². The van der Waals surface area contributed by atoms with Crippen molar-refractivity contribution in [3.63, 3.8) is 0 Å². The summed E-state index contributed by atoms with van der Waals surface area (Å²) in [4.78, 5) is 12.2. The lowest BCUT2D eigenvalue weighted by atomic mass is 10.2. The van der Waals surface area contributed by atoms with Crippen molar-refractivity contribution in [2.24, 2.45) is 0 Å². The van der Waals surface area contributed by atoms with Crippen LogP contribution in [-0.4, -0.2) is 32.2 Å². The molecule has 1 heterocycles. The first-order valence-electron chi connectivity index (χ1n) is 7.54. The molecule has 24 heavy (non-hydrogen) atoms. The maximum atomic E-state index is 12.2. The molecule has 1 aromatic heterocycles. The second kappa shape index (κ2) is 7.36. The number of nitrogens with one attached hydrogen (secondary N) is 1. The number of carbonyl (C=O) groups is 1. The molecule has 0 unspecified atom stereocenters. The van der Waals surface area contributed by atoms with Crippen molar-refractivity contribution in [2.75, 3.05) is 0 Å². The molecule has 1 atom stereocenters. The number of hydrogen-bond acceptors (Lipinski definition) is 5. The van der Waals surface area contributed by atoms with Crippen molar-refractivity contribution in [1.82, 2.24) is 25.5 Å². The first-order chi connectivity index (χ1) is 11.7. The minimum atomic E-state index is -0.613. The third kappa shape index (κ3) is 3.95. The number of benzene rings is 2. The largest absolute Gasteiger partial charge is 0.481 e. The molecule has 3 aromatic rings. The molecular weight excluding hydrogens is 306 g/mol. The number of rotatable bonds is 6. The van der Waals surface area contributed by atoms with E-state index in [0.717, 1.165) is 11.3 Å². The van der Waals surface area contributed by atoms with E-state index in [4.69, 9.17) is 4.74 Å². The van der Waals surface area contributed by atoms with Crippen molar-refractivity contribution in [3.8, 4) is 11.4 Å². The van der Waals surface area contributed by atoms with Gasteiger partial charge in [0.2, 0.25) is 0 Å². The summed E-state index contributed by atoms with van der Waals surface area (Å²) in [6, 6.07) is 17.0. The molecule has 1 amide bonds. The van der Waals surface area contributed by atoms with Gasteiger partial charge in [-0.1, -0.05) is 36.4 Å². The van der Waals surface area contributed by atoms with Crippen LogP contribution in [0.3, 0.4) is 0 Å². The molecule has 0 aliphatic carbocycles. The van der Waals surface area contributed by atoms with Crippen LogP contribution in [0.1, 0.15) is 12.5 Å². The molecule has 0 aliphatic rings. The van der Waals surface area contributed by atoms with Gasteiger partial charge in [-0.05, 0) is 35.0 Å². The van der Waals surface area contributed by atoms with Gasteiger partial charge in [0.05, 0.1) is 5.69 Å². The van der Waals surface area contributed by atoms with E-state index in [2.05, 4.69) is 20.8 Å². The van der Waals surface area contributed by atoms with Gasteiger partial charge in [-0.2, -0.15) is 0 Å². The fraction of sp³-hybridized carbons (Fsp3) is 0.176. The Morgan fingerprint density at radius 3 is 2.79 bits per heavy atom. The fourth-order valence-corrected chi connectivity index (χ4v) is 2.17. The summed E-state index contributed by atoms with van der Waals surface area (Å²) in [5, 5.41) is 13.9. The summed E-state index contributed by atoms with van der Waals surface area (Å²) in [6.45, 7) is 2.18. The zero-order valence-electron chi connectivity index (χ0n) is 13.2. The molecule has 7 heteroatoms. The third-order valence-electron chi connectivity index (χ3n) is 3.42. The summed E-state index contributed by atoms with van der Waals surface area (Å²) in [5.41, 5.74) is 1.80. The van der Waals surface area contributed by atoms with Crippen LogP contribution >= 0.6 is 0 Å². The van der Waals surface area contributed by atoms with Gasteiger partial charge in [0.15, 0.2) is 6.10 Å². The highest BCUT2D eigenvalue weighted by molar-refractivity contribution is 5.80. The lowest BCUT2D eigenvalue weighted by molar-refractivity contribution is -0.127. The van der Waals surface area contributed by atoms with Gasteiger partial charge >= 0.3 is 0 Å². The van der Waals surface area contributed by atoms with E-state index in [1.165, 1.54) is 11.0 Å². The van der Waals surface area contributed by atoms with Crippen molar-refractivity contribution < 1.29 is 9.53 Å². The second-order valence-corrected chi connectivity index (χ2v) is 5.22. The number of hydrogen-bond donors (Lipinski definition) is 1. The molecule has 0 radical (unpaired) electrons.